The molecule has 92 valence electrons. The Morgan fingerprint density at radius 1 is 1.56 bits per heavy atom. The normalized spacial score (nSPS) is 9.69. The van der Waals surface area contributed by atoms with E-state index in [0.29, 0.717) is 13.1 Å². The number of hydrogen-bond donors (Lipinski definition) is 1. The fraction of sp³-hybridized carbons (Fsp3) is 0.500. The van der Waals surface area contributed by atoms with Gasteiger partial charge in [-0.05, 0) is 26.1 Å². The third kappa shape index (κ3) is 4.70. The van der Waals surface area contributed by atoms with Gasteiger partial charge in [-0.1, -0.05) is 11.6 Å². The first-order valence-corrected chi connectivity index (χ1v) is 6.03. The van der Waals surface area contributed by atoms with Crippen molar-refractivity contribution in [1.82, 2.24) is 10.2 Å². The fourth-order valence-electron chi connectivity index (χ4n) is 1.26. The van der Waals surface area contributed by atoms with Crippen LogP contribution in [0.1, 0.15) is 11.8 Å². The lowest BCUT2D eigenvalue weighted by molar-refractivity contribution is -0.130. The Bertz CT molecular complexity index is 330. The standard InChI is InChI=1S/C10H15ClN2OS.ClH/c1-3-13(10(14)6-12-2)7-8-4-5-9(11)15-8;/h4-5,12H,3,6-7H2,1-2H3;1H. The topological polar surface area (TPSA) is 32.3 Å². The summed E-state index contributed by atoms with van der Waals surface area (Å²) >= 11 is 7.35. The Hall–Kier alpha value is -0.290. The van der Waals surface area contributed by atoms with Crippen LogP contribution in [0.4, 0.5) is 0 Å². The summed E-state index contributed by atoms with van der Waals surface area (Å²) in [5.41, 5.74) is 0. The number of rotatable bonds is 5. The first-order chi connectivity index (χ1) is 7.17. The highest BCUT2D eigenvalue weighted by atomic mass is 35.5. The SMILES string of the molecule is CCN(Cc1ccc(Cl)s1)C(=O)CNC.Cl. The molecule has 0 fully saturated rings. The third-order valence-corrected chi connectivity index (χ3v) is 3.25. The van der Waals surface area contributed by atoms with E-state index in [2.05, 4.69) is 5.32 Å². The van der Waals surface area contributed by atoms with Crippen molar-refractivity contribution in [3.05, 3.63) is 21.3 Å². The Morgan fingerprint density at radius 3 is 2.69 bits per heavy atom. The second-order valence-corrected chi connectivity index (χ2v) is 4.94. The van der Waals surface area contributed by atoms with Crippen LogP contribution in [0.2, 0.25) is 4.34 Å². The van der Waals surface area contributed by atoms with Crippen LogP contribution in [0.5, 0.6) is 0 Å². The van der Waals surface area contributed by atoms with Crippen LogP contribution in [0, 0.1) is 0 Å². The number of nitrogens with one attached hydrogen (secondary N) is 1. The minimum Gasteiger partial charge on any atom is -0.337 e. The zero-order valence-electron chi connectivity index (χ0n) is 9.33. The summed E-state index contributed by atoms with van der Waals surface area (Å²) in [5.74, 6) is 0.115. The van der Waals surface area contributed by atoms with Crippen molar-refractivity contribution in [2.45, 2.75) is 13.5 Å². The fourth-order valence-corrected chi connectivity index (χ4v) is 2.37. The van der Waals surface area contributed by atoms with E-state index in [-0.39, 0.29) is 18.3 Å². The molecule has 16 heavy (non-hydrogen) atoms. The van der Waals surface area contributed by atoms with Gasteiger partial charge < -0.3 is 10.2 Å². The Morgan fingerprint density at radius 2 is 2.25 bits per heavy atom. The molecule has 1 rings (SSSR count). The van der Waals surface area contributed by atoms with Gasteiger partial charge in [0.2, 0.25) is 5.91 Å². The molecule has 6 heteroatoms. The summed E-state index contributed by atoms with van der Waals surface area (Å²) in [6, 6.07) is 3.82. The highest BCUT2D eigenvalue weighted by Gasteiger charge is 2.11. The molecular weight excluding hydrogens is 267 g/mol. The van der Waals surface area contributed by atoms with E-state index in [1.165, 1.54) is 11.3 Å². The zero-order chi connectivity index (χ0) is 11.3. The van der Waals surface area contributed by atoms with E-state index in [9.17, 15) is 4.79 Å². The molecule has 0 aliphatic rings. The maximum absolute atomic E-state index is 11.6. The Labute approximate surface area is 111 Å². The van der Waals surface area contributed by atoms with Crippen molar-refractivity contribution in [3.8, 4) is 0 Å². The molecule has 0 saturated carbocycles. The van der Waals surface area contributed by atoms with E-state index in [1.807, 2.05) is 19.1 Å². The van der Waals surface area contributed by atoms with Crippen molar-refractivity contribution in [3.63, 3.8) is 0 Å². The van der Waals surface area contributed by atoms with E-state index >= 15 is 0 Å². The number of carbonyl (C=O) groups is 1. The van der Waals surface area contributed by atoms with E-state index < -0.39 is 0 Å². The van der Waals surface area contributed by atoms with Gasteiger partial charge in [0.1, 0.15) is 0 Å². The summed E-state index contributed by atoms with van der Waals surface area (Å²) in [4.78, 5) is 14.5. The Kier molecular flexibility index (Phi) is 7.76. The summed E-state index contributed by atoms with van der Waals surface area (Å²) in [6.07, 6.45) is 0. The van der Waals surface area contributed by atoms with Gasteiger partial charge in [-0.15, -0.1) is 23.7 Å². The molecule has 1 aromatic heterocycles. The van der Waals surface area contributed by atoms with Gasteiger partial charge in [-0.2, -0.15) is 0 Å². The van der Waals surface area contributed by atoms with Gasteiger partial charge in [0.05, 0.1) is 17.4 Å². The first kappa shape index (κ1) is 15.7. The van der Waals surface area contributed by atoms with Crippen LogP contribution < -0.4 is 5.32 Å². The summed E-state index contributed by atoms with van der Waals surface area (Å²) in [7, 11) is 1.77. The lowest BCUT2D eigenvalue weighted by Crippen LogP contribution is -2.36. The molecule has 0 aliphatic heterocycles. The van der Waals surface area contributed by atoms with Gasteiger partial charge in [0, 0.05) is 11.4 Å². The highest BCUT2D eigenvalue weighted by molar-refractivity contribution is 7.16. The maximum Gasteiger partial charge on any atom is 0.236 e. The van der Waals surface area contributed by atoms with Crippen LogP contribution >= 0.6 is 35.3 Å². The number of hydrogen-bond acceptors (Lipinski definition) is 3. The number of halogens is 2. The van der Waals surface area contributed by atoms with Crippen LogP contribution in [0.3, 0.4) is 0 Å². The lowest BCUT2D eigenvalue weighted by Gasteiger charge is -2.19. The molecule has 0 aliphatic carbocycles. The van der Waals surface area contributed by atoms with Crippen molar-refractivity contribution in [1.29, 1.82) is 0 Å². The van der Waals surface area contributed by atoms with Gasteiger partial charge in [-0.25, -0.2) is 0 Å². The first-order valence-electron chi connectivity index (χ1n) is 4.84. The zero-order valence-corrected chi connectivity index (χ0v) is 11.7. The van der Waals surface area contributed by atoms with Crippen molar-refractivity contribution in [2.75, 3.05) is 20.1 Å². The molecule has 1 aromatic rings. The quantitative estimate of drug-likeness (QED) is 0.900. The van der Waals surface area contributed by atoms with Crippen LogP contribution in [-0.4, -0.2) is 30.9 Å². The number of amides is 1. The molecule has 0 aromatic carbocycles. The molecule has 0 spiro atoms. The van der Waals surface area contributed by atoms with Crippen LogP contribution in [-0.2, 0) is 11.3 Å². The molecule has 0 radical (unpaired) electrons. The van der Waals surface area contributed by atoms with Gasteiger partial charge in [0.25, 0.3) is 0 Å². The number of thiophene rings is 1. The lowest BCUT2D eigenvalue weighted by atomic mass is 10.4. The number of carbonyl (C=O) groups excluding carboxylic acids is 1. The molecule has 1 heterocycles. The minimum atomic E-state index is 0. The van der Waals surface area contributed by atoms with E-state index in [4.69, 9.17) is 11.6 Å². The number of nitrogens with zero attached hydrogens (tertiary/aromatic N) is 1. The van der Waals surface area contributed by atoms with Gasteiger partial charge >= 0.3 is 0 Å². The summed E-state index contributed by atoms with van der Waals surface area (Å²) in [5, 5.41) is 2.86. The van der Waals surface area contributed by atoms with Gasteiger partial charge in [-0.3, -0.25) is 4.79 Å². The Balaban J connectivity index is 0.00000225. The van der Waals surface area contributed by atoms with E-state index in [1.54, 1.807) is 11.9 Å². The van der Waals surface area contributed by atoms with E-state index in [0.717, 1.165) is 15.8 Å². The average Bonchev–Trinajstić information content (AvgIpc) is 2.61. The van der Waals surface area contributed by atoms with Gasteiger partial charge in [0.15, 0.2) is 0 Å². The smallest absolute Gasteiger partial charge is 0.236 e. The monoisotopic (exact) mass is 282 g/mol. The van der Waals surface area contributed by atoms with Crippen molar-refractivity contribution in [2.24, 2.45) is 0 Å². The second-order valence-electron chi connectivity index (χ2n) is 3.14. The molecule has 1 N–H and O–H groups in total. The predicted octanol–water partition coefficient (Wildman–Crippen LogP) is 2.39. The highest BCUT2D eigenvalue weighted by Crippen LogP contribution is 2.22. The summed E-state index contributed by atoms with van der Waals surface area (Å²) < 4.78 is 0.766. The number of likely N-dealkylation sites (N-methyl/N-ethyl adjacent to an activating group) is 2. The van der Waals surface area contributed by atoms with Crippen LogP contribution in [0.15, 0.2) is 12.1 Å². The predicted molar refractivity (Wildman–Crippen MR) is 71.6 cm³/mol. The van der Waals surface area contributed by atoms with Crippen LogP contribution in [0.25, 0.3) is 0 Å². The maximum atomic E-state index is 11.6. The molecular formula is C10H16Cl2N2OS. The molecule has 0 bridgehead atoms. The van der Waals surface area contributed by atoms with Crippen molar-refractivity contribution < 1.29 is 4.79 Å². The molecule has 1 amide bonds. The summed E-state index contributed by atoms with van der Waals surface area (Å²) in [6.45, 7) is 3.72. The second kappa shape index (κ2) is 7.90. The third-order valence-electron chi connectivity index (χ3n) is 2.04. The molecule has 3 nitrogen and oxygen atoms in total. The molecule has 0 saturated heterocycles. The van der Waals surface area contributed by atoms with Crippen molar-refractivity contribution >= 4 is 41.3 Å². The molecule has 0 unspecified atom stereocenters. The minimum absolute atomic E-state index is 0. The molecule has 0 atom stereocenters. The largest absolute Gasteiger partial charge is 0.337 e. The average molecular weight is 283 g/mol.